The minimum absolute atomic E-state index is 0.0313. The molecule has 1 saturated heterocycles. The highest BCUT2D eigenvalue weighted by Gasteiger charge is 2.35. The number of amides is 1. The Morgan fingerprint density at radius 2 is 1.90 bits per heavy atom. The van der Waals surface area contributed by atoms with Crippen LogP contribution >= 0.6 is 11.8 Å². The lowest BCUT2D eigenvalue weighted by molar-refractivity contribution is -0.137. The molecule has 0 spiro atoms. The van der Waals surface area contributed by atoms with E-state index >= 15 is 0 Å². The van der Waals surface area contributed by atoms with Gasteiger partial charge < -0.3 is 15.5 Å². The minimum atomic E-state index is -4.52. The van der Waals surface area contributed by atoms with Crippen LogP contribution < -0.4 is 15.5 Å². The fourth-order valence-electron chi connectivity index (χ4n) is 3.43. The molecule has 0 unspecified atom stereocenters. The zero-order valence-corrected chi connectivity index (χ0v) is 16.0. The summed E-state index contributed by atoms with van der Waals surface area (Å²) in [6, 6.07) is 8.23. The first kappa shape index (κ1) is 19.6. The number of alkyl halides is 3. The number of carbonyl (C=O) groups is 1. The number of thioether (sulfide) groups is 1. The van der Waals surface area contributed by atoms with Crippen molar-refractivity contribution in [1.29, 1.82) is 0 Å². The van der Waals surface area contributed by atoms with Crippen LogP contribution in [0.2, 0.25) is 0 Å². The van der Waals surface area contributed by atoms with Crippen molar-refractivity contribution in [2.24, 2.45) is 0 Å². The summed E-state index contributed by atoms with van der Waals surface area (Å²) in [6.07, 6.45) is -3.29. The van der Waals surface area contributed by atoms with E-state index in [2.05, 4.69) is 10.6 Å². The first-order chi connectivity index (χ1) is 13.8. The normalized spacial score (nSPS) is 18.0. The Bertz CT molecular complexity index is 984. The van der Waals surface area contributed by atoms with Gasteiger partial charge >= 0.3 is 6.18 Å². The molecule has 0 atom stereocenters. The van der Waals surface area contributed by atoms with E-state index in [-0.39, 0.29) is 22.5 Å². The fraction of sp³-hybridized carbons (Fsp3) is 0.250. The molecule has 29 heavy (non-hydrogen) atoms. The zero-order chi connectivity index (χ0) is 20.6. The molecule has 2 aliphatic heterocycles. The Morgan fingerprint density at radius 3 is 2.62 bits per heavy atom. The Labute approximate surface area is 169 Å². The van der Waals surface area contributed by atoms with Crippen LogP contribution in [0.3, 0.4) is 0 Å². The number of carbonyl (C=O) groups excluding carboxylic acids is 1. The van der Waals surface area contributed by atoms with Gasteiger partial charge in [-0.3, -0.25) is 4.79 Å². The molecule has 0 bridgehead atoms. The van der Waals surface area contributed by atoms with E-state index in [9.17, 15) is 22.4 Å². The van der Waals surface area contributed by atoms with Crippen molar-refractivity contribution in [3.05, 3.63) is 59.5 Å². The van der Waals surface area contributed by atoms with Crippen LogP contribution in [0.4, 0.5) is 34.6 Å². The molecule has 4 nitrogen and oxygen atoms in total. The lowest BCUT2D eigenvalue weighted by atomic mass is 10.1. The zero-order valence-electron chi connectivity index (χ0n) is 15.1. The highest BCUT2D eigenvalue weighted by Crippen LogP contribution is 2.39. The van der Waals surface area contributed by atoms with Gasteiger partial charge in [0.1, 0.15) is 5.82 Å². The van der Waals surface area contributed by atoms with Crippen molar-refractivity contribution in [3.63, 3.8) is 0 Å². The van der Waals surface area contributed by atoms with Crippen molar-refractivity contribution >= 4 is 40.3 Å². The quantitative estimate of drug-likeness (QED) is 0.550. The summed E-state index contributed by atoms with van der Waals surface area (Å²) in [5, 5.41) is 5.25. The third-order valence-corrected chi connectivity index (χ3v) is 5.76. The molecule has 2 aromatic rings. The van der Waals surface area contributed by atoms with Crippen LogP contribution in [-0.2, 0) is 11.0 Å². The Kier molecular flexibility index (Phi) is 5.16. The van der Waals surface area contributed by atoms with E-state index in [4.69, 9.17) is 0 Å². The van der Waals surface area contributed by atoms with Gasteiger partial charge in [0.25, 0.3) is 5.91 Å². The van der Waals surface area contributed by atoms with Crippen LogP contribution in [0, 0.1) is 5.82 Å². The van der Waals surface area contributed by atoms with Crippen molar-refractivity contribution in [1.82, 2.24) is 0 Å². The average molecular weight is 423 g/mol. The van der Waals surface area contributed by atoms with Crippen molar-refractivity contribution in [2.75, 3.05) is 40.1 Å². The Balaban J connectivity index is 1.65. The average Bonchev–Trinajstić information content (AvgIpc) is 3.02. The lowest BCUT2D eigenvalue weighted by Gasteiger charge is -2.31. The molecule has 1 amide bonds. The predicted molar refractivity (Wildman–Crippen MR) is 108 cm³/mol. The van der Waals surface area contributed by atoms with E-state index in [1.807, 2.05) is 0 Å². The van der Waals surface area contributed by atoms with Gasteiger partial charge in [-0.25, -0.2) is 4.39 Å². The van der Waals surface area contributed by atoms with E-state index < -0.39 is 23.5 Å². The highest BCUT2D eigenvalue weighted by atomic mass is 32.2. The molecule has 0 aromatic heterocycles. The summed E-state index contributed by atoms with van der Waals surface area (Å²) < 4.78 is 55.0. The maximum Gasteiger partial charge on any atom is 0.418 e. The number of nitrogens with zero attached hydrogens (tertiary/aromatic N) is 1. The summed E-state index contributed by atoms with van der Waals surface area (Å²) in [5.74, 6) is 0.465. The summed E-state index contributed by atoms with van der Waals surface area (Å²) in [4.78, 5) is 13.9. The number of hydrogen-bond acceptors (Lipinski definition) is 4. The van der Waals surface area contributed by atoms with Crippen LogP contribution in [0.25, 0.3) is 5.57 Å². The van der Waals surface area contributed by atoms with Gasteiger partial charge in [-0.05, 0) is 30.3 Å². The summed E-state index contributed by atoms with van der Waals surface area (Å²) in [6.45, 7) is 1.11. The second-order valence-corrected chi connectivity index (χ2v) is 7.87. The molecule has 2 N–H and O–H groups in total. The smallest absolute Gasteiger partial charge is 0.369 e. The van der Waals surface area contributed by atoms with Crippen molar-refractivity contribution in [2.45, 2.75) is 6.18 Å². The maximum absolute atomic E-state index is 14.1. The predicted octanol–water partition coefficient (Wildman–Crippen LogP) is 4.80. The first-order valence-corrected chi connectivity index (χ1v) is 10.1. The monoisotopic (exact) mass is 423 g/mol. The molecule has 1 fully saturated rings. The molecule has 0 aliphatic carbocycles. The maximum atomic E-state index is 14.1. The highest BCUT2D eigenvalue weighted by molar-refractivity contribution is 7.99. The number of fused-ring (bicyclic) bond motifs is 1. The van der Waals surface area contributed by atoms with Crippen LogP contribution in [0.5, 0.6) is 0 Å². The van der Waals surface area contributed by atoms with Crippen molar-refractivity contribution in [3.8, 4) is 0 Å². The number of halogens is 4. The van der Waals surface area contributed by atoms with E-state index in [1.165, 1.54) is 30.5 Å². The molecular formula is C20H17F4N3OS. The molecule has 4 rings (SSSR count). The molecule has 2 heterocycles. The molecule has 0 radical (unpaired) electrons. The number of hydrogen-bond donors (Lipinski definition) is 2. The van der Waals surface area contributed by atoms with Gasteiger partial charge in [-0.1, -0.05) is 6.07 Å². The third-order valence-electron chi connectivity index (χ3n) is 4.81. The molecular weight excluding hydrogens is 406 g/mol. The molecule has 2 aliphatic rings. The molecule has 9 heteroatoms. The van der Waals surface area contributed by atoms with Gasteiger partial charge in [-0.2, -0.15) is 24.9 Å². The summed E-state index contributed by atoms with van der Waals surface area (Å²) in [7, 11) is 0. The molecule has 2 aromatic carbocycles. The standard InChI is InChI=1S/C20H17F4N3OS/c21-15-2-1-3-16-18(15)13(19(28)26-16)11-25-12-4-5-17(14(10-12)20(22,23)24)27-6-8-29-9-7-27/h1-5,10-11,25H,6-9H2,(H,26,28). The lowest BCUT2D eigenvalue weighted by Crippen LogP contribution is -2.34. The van der Waals surface area contributed by atoms with Gasteiger partial charge in [-0.15, -0.1) is 0 Å². The number of anilines is 3. The van der Waals surface area contributed by atoms with Gasteiger partial charge in [0, 0.05) is 47.7 Å². The van der Waals surface area contributed by atoms with Crippen molar-refractivity contribution < 1.29 is 22.4 Å². The number of rotatable bonds is 3. The number of benzene rings is 2. The van der Waals surface area contributed by atoms with Crippen LogP contribution in [-0.4, -0.2) is 30.5 Å². The summed E-state index contributed by atoms with van der Waals surface area (Å²) in [5.41, 5.74) is 0.0309. The van der Waals surface area contributed by atoms with E-state index in [0.717, 1.165) is 17.6 Å². The second kappa shape index (κ2) is 7.62. The van der Waals surface area contributed by atoms with E-state index in [0.29, 0.717) is 18.8 Å². The fourth-order valence-corrected chi connectivity index (χ4v) is 4.33. The minimum Gasteiger partial charge on any atom is -0.369 e. The third kappa shape index (κ3) is 3.91. The second-order valence-electron chi connectivity index (χ2n) is 6.65. The van der Waals surface area contributed by atoms with Gasteiger partial charge in [0.15, 0.2) is 0 Å². The molecule has 0 saturated carbocycles. The SMILES string of the molecule is O=C1Nc2cccc(F)c2C1=CNc1ccc(N2CCSCC2)c(C(F)(F)F)c1. The first-order valence-electron chi connectivity index (χ1n) is 8.95. The Morgan fingerprint density at radius 1 is 1.14 bits per heavy atom. The topological polar surface area (TPSA) is 44.4 Å². The number of nitrogens with one attached hydrogen (secondary N) is 2. The van der Waals surface area contributed by atoms with Crippen LogP contribution in [0.1, 0.15) is 11.1 Å². The largest absolute Gasteiger partial charge is 0.418 e. The van der Waals surface area contributed by atoms with Gasteiger partial charge in [0.05, 0.1) is 16.8 Å². The molecule has 152 valence electrons. The van der Waals surface area contributed by atoms with Crippen LogP contribution in [0.15, 0.2) is 42.6 Å². The van der Waals surface area contributed by atoms with Gasteiger partial charge in [0.2, 0.25) is 0 Å². The Hall–Kier alpha value is -2.68. The van der Waals surface area contributed by atoms with E-state index in [1.54, 1.807) is 22.7 Å². The summed E-state index contributed by atoms with van der Waals surface area (Å²) >= 11 is 1.72.